The Morgan fingerprint density at radius 1 is 1.18 bits per heavy atom. The molecule has 2 fully saturated rings. The van der Waals surface area contributed by atoms with Crippen LogP contribution in [0.25, 0.3) is 27.5 Å². The third-order valence-electron chi connectivity index (χ3n) is 7.33. The van der Waals surface area contributed by atoms with Gasteiger partial charge < -0.3 is 15.4 Å². The van der Waals surface area contributed by atoms with Crippen LogP contribution in [0.4, 0.5) is 14.6 Å². The van der Waals surface area contributed by atoms with Gasteiger partial charge in [-0.05, 0) is 43.7 Å². The van der Waals surface area contributed by atoms with Crippen molar-refractivity contribution in [2.75, 3.05) is 5.73 Å². The van der Waals surface area contributed by atoms with Crippen LogP contribution in [0.5, 0.6) is 0 Å². The number of aliphatic hydroxyl groups is 1. The van der Waals surface area contributed by atoms with Gasteiger partial charge in [0.25, 0.3) is 5.56 Å². The van der Waals surface area contributed by atoms with Gasteiger partial charge in [-0.1, -0.05) is 12.1 Å². The van der Waals surface area contributed by atoms with E-state index in [4.69, 9.17) is 10.7 Å². The Morgan fingerprint density at radius 2 is 1.97 bits per heavy atom. The molecule has 2 aliphatic rings. The summed E-state index contributed by atoms with van der Waals surface area (Å²) in [5, 5.41) is 11.4. The molecule has 3 N–H and O–H groups in total. The minimum absolute atomic E-state index is 0.0831. The second kappa shape index (κ2) is 7.09. The molecular formula is C25H25F2N5O2. The molecule has 3 heterocycles. The molecule has 0 radical (unpaired) electrons. The lowest BCUT2D eigenvalue weighted by atomic mass is 9.72. The zero-order chi connectivity index (χ0) is 23.8. The van der Waals surface area contributed by atoms with E-state index in [1.165, 1.54) is 4.57 Å². The number of hydrogen-bond acceptors (Lipinski definition) is 5. The van der Waals surface area contributed by atoms with Crippen molar-refractivity contribution in [2.24, 2.45) is 0 Å². The van der Waals surface area contributed by atoms with E-state index in [1.54, 1.807) is 30.7 Å². The van der Waals surface area contributed by atoms with Gasteiger partial charge in [-0.2, -0.15) is 0 Å². The quantitative estimate of drug-likeness (QED) is 0.471. The first kappa shape index (κ1) is 21.2. The molecule has 0 spiro atoms. The van der Waals surface area contributed by atoms with Gasteiger partial charge in [-0.3, -0.25) is 9.20 Å². The highest BCUT2D eigenvalue weighted by atomic mass is 19.3. The smallest absolute Gasteiger partial charge is 0.258 e. The number of nitrogens with two attached hydrogens (primary N) is 1. The third-order valence-corrected chi connectivity index (χ3v) is 7.33. The molecule has 1 aromatic carbocycles. The lowest BCUT2D eigenvalue weighted by Gasteiger charge is -2.40. The predicted molar refractivity (Wildman–Crippen MR) is 125 cm³/mol. The minimum Gasteiger partial charge on any atom is -0.390 e. The fourth-order valence-electron chi connectivity index (χ4n) is 5.61. The molecule has 9 heteroatoms. The number of halogens is 2. The zero-order valence-corrected chi connectivity index (χ0v) is 18.7. The van der Waals surface area contributed by atoms with Crippen LogP contribution in [0, 0.1) is 0 Å². The molecule has 0 bridgehead atoms. The number of aromatic nitrogens is 4. The van der Waals surface area contributed by atoms with Crippen LogP contribution in [-0.4, -0.2) is 35.6 Å². The van der Waals surface area contributed by atoms with Gasteiger partial charge >= 0.3 is 0 Å². The van der Waals surface area contributed by atoms with Gasteiger partial charge in [0, 0.05) is 54.3 Å². The number of nitrogen functional groups attached to an aromatic ring is 1. The zero-order valence-electron chi connectivity index (χ0n) is 18.7. The monoisotopic (exact) mass is 465 g/mol. The first-order valence-corrected chi connectivity index (χ1v) is 11.5. The Balaban J connectivity index is 1.49. The Kier molecular flexibility index (Phi) is 4.42. The Labute approximate surface area is 193 Å². The number of alkyl halides is 2. The lowest BCUT2D eigenvalue weighted by molar-refractivity contribution is -0.0335. The van der Waals surface area contributed by atoms with Crippen molar-refractivity contribution in [1.82, 2.24) is 18.9 Å². The van der Waals surface area contributed by atoms with Crippen LogP contribution in [0.2, 0.25) is 0 Å². The molecule has 2 saturated carbocycles. The van der Waals surface area contributed by atoms with E-state index in [9.17, 15) is 18.7 Å². The summed E-state index contributed by atoms with van der Waals surface area (Å²) in [5.41, 5.74) is 7.20. The third kappa shape index (κ3) is 3.29. The van der Waals surface area contributed by atoms with Gasteiger partial charge in [0.15, 0.2) is 0 Å². The van der Waals surface area contributed by atoms with Crippen LogP contribution in [0.15, 0.2) is 47.7 Å². The largest absolute Gasteiger partial charge is 0.390 e. The second-order valence-electron chi connectivity index (χ2n) is 10.0. The molecular weight excluding hydrogens is 440 g/mol. The number of imidazole rings is 1. The summed E-state index contributed by atoms with van der Waals surface area (Å²) in [4.78, 5) is 22.4. The van der Waals surface area contributed by atoms with E-state index in [2.05, 4.69) is 4.98 Å². The molecule has 4 aromatic rings. The van der Waals surface area contributed by atoms with E-state index >= 15 is 0 Å². The fourth-order valence-corrected chi connectivity index (χ4v) is 5.61. The Morgan fingerprint density at radius 3 is 2.68 bits per heavy atom. The summed E-state index contributed by atoms with van der Waals surface area (Å²) in [6, 6.07) is 6.76. The summed E-state index contributed by atoms with van der Waals surface area (Å²) in [6.45, 7) is 1.81. The SMILES string of the molecule is CC1(O)CC(c2nc(-c3ccc4ccn(C5CCC(F)(F)C5)c(=O)c4c3)c3c(N)nccn23)C1. The topological polar surface area (TPSA) is 98.4 Å². The van der Waals surface area contributed by atoms with Crippen molar-refractivity contribution in [3.63, 3.8) is 0 Å². The van der Waals surface area contributed by atoms with E-state index in [0.717, 1.165) is 11.2 Å². The van der Waals surface area contributed by atoms with Crippen LogP contribution in [0.1, 0.15) is 56.8 Å². The molecule has 1 atom stereocenters. The van der Waals surface area contributed by atoms with Crippen molar-refractivity contribution in [2.45, 2.75) is 62.5 Å². The number of hydrogen-bond donors (Lipinski definition) is 2. The Hall–Kier alpha value is -3.33. The highest BCUT2D eigenvalue weighted by Crippen LogP contribution is 2.45. The standard InChI is InChI=1S/C25H25F2N5O2/c1-24(34)11-16(12-24)22-30-19(20-21(28)29-7-9-32(20)22)15-3-2-14-5-8-31(23(33)18(14)10-15)17-4-6-25(26,27)13-17/h2-3,5,7-10,16-17,34H,4,6,11-13H2,1H3,(H2,28,29). The highest BCUT2D eigenvalue weighted by molar-refractivity contribution is 5.91. The van der Waals surface area contributed by atoms with Crippen molar-refractivity contribution < 1.29 is 13.9 Å². The fraction of sp³-hybridized carbons (Fsp3) is 0.400. The van der Waals surface area contributed by atoms with Crippen molar-refractivity contribution in [3.8, 4) is 11.3 Å². The number of anilines is 1. The van der Waals surface area contributed by atoms with Gasteiger partial charge in [-0.25, -0.2) is 18.7 Å². The van der Waals surface area contributed by atoms with E-state index in [0.29, 0.717) is 40.8 Å². The molecule has 176 valence electrons. The molecule has 2 aliphatic carbocycles. The van der Waals surface area contributed by atoms with Gasteiger partial charge in [0.2, 0.25) is 5.92 Å². The van der Waals surface area contributed by atoms with Gasteiger partial charge in [-0.15, -0.1) is 0 Å². The first-order valence-electron chi connectivity index (χ1n) is 11.5. The van der Waals surface area contributed by atoms with Gasteiger partial charge in [0.1, 0.15) is 22.9 Å². The predicted octanol–water partition coefficient (Wildman–Crippen LogP) is 4.28. The minimum atomic E-state index is -2.73. The van der Waals surface area contributed by atoms with Crippen LogP contribution >= 0.6 is 0 Å². The number of benzene rings is 1. The van der Waals surface area contributed by atoms with E-state index in [-0.39, 0.29) is 30.7 Å². The summed E-state index contributed by atoms with van der Waals surface area (Å²) in [7, 11) is 0. The summed E-state index contributed by atoms with van der Waals surface area (Å²) in [5.74, 6) is -1.53. The van der Waals surface area contributed by atoms with E-state index in [1.807, 2.05) is 23.5 Å². The molecule has 7 nitrogen and oxygen atoms in total. The maximum Gasteiger partial charge on any atom is 0.258 e. The summed E-state index contributed by atoms with van der Waals surface area (Å²) >= 11 is 0. The Bertz CT molecular complexity index is 1500. The lowest BCUT2D eigenvalue weighted by Crippen LogP contribution is -2.40. The maximum absolute atomic E-state index is 13.8. The highest BCUT2D eigenvalue weighted by Gasteiger charge is 2.42. The molecule has 1 unspecified atom stereocenters. The molecule has 0 aliphatic heterocycles. The molecule has 0 saturated heterocycles. The average Bonchev–Trinajstić information content (AvgIpc) is 3.33. The molecule has 0 amide bonds. The number of fused-ring (bicyclic) bond motifs is 2. The number of rotatable bonds is 3. The van der Waals surface area contributed by atoms with Crippen LogP contribution < -0.4 is 11.3 Å². The molecule has 3 aromatic heterocycles. The van der Waals surface area contributed by atoms with Crippen LogP contribution in [-0.2, 0) is 0 Å². The second-order valence-corrected chi connectivity index (χ2v) is 10.0. The number of nitrogens with zero attached hydrogens (tertiary/aromatic N) is 4. The molecule has 6 rings (SSSR count). The molecule has 34 heavy (non-hydrogen) atoms. The van der Waals surface area contributed by atoms with Crippen molar-refractivity contribution >= 4 is 22.1 Å². The van der Waals surface area contributed by atoms with Gasteiger partial charge in [0.05, 0.1) is 5.60 Å². The maximum atomic E-state index is 13.8. The average molecular weight is 466 g/mol. The normalized spacial score (nSPS) is 26.2. The summed E-state index contributed by atoms with van der Waals surface area (Å²) in [6.07, 6.45) is 5.99. The first-order chi connectivity index (χ1) is 16.1. The van der Waals surface area contributed by atoms with Crippen molar-refractivity contribution in [1.29, 1.82) is 0 Å². The van der Waals surface area contributed by atoms with E-state index < -0.39 is 17.6 Å². The summed E-state index contributed by atoms with van der Waals surface area (Å²) < 4.78 is 30.9. The number of pyridine rings is 1. The van der Waals surface area contributed by atoms with Crippen molar-refractivity contribution in [3.05, 3.63) is 59.0 Å². The van der Waals surface area contributed by atoms with Crippen LogP contribution in [0.3, 0.4) is 0 Å².